The van der Waals surface area contributed by atoms with Crippen molar-refractivity contribution in [3.05, 3.63) is 59.1 Å². The van der Waals surface area contributed by atoms with E-state index in [1.165, 1.54) is 12.1 Å². The predicted molar refractivity (Wildman–Crippen MR) is 121 cm³/mol. The van der Waals surface area contributed by atoms with Gasteiger partial charge in [0.15, 0.2) is 0 Å². The Morgan fingerprint density at radius 3 is 2.68 bits per heavy atom. The van der Waals surface area contributed by atoms with Crippen molar-refractivity contribution in [3.8, 4) is 11.8 Å². The molecule has 0 unspecified atom stereocenters. The third-order valence-electron chi connectivity index (χ3n) is 6.14. The van der Waals surface area contributed by atoms with E-state index in [2.05, 4.69) is 40.9 Å². The summed E-state index contributed by atoms with van der Waals surface area (Å²) in [5.41, 5.74) is 2.22. The highest BCUT2D eigenvalue weighted by molar-refractivity contribution is 6.29. The molecule has 0 amide bonds. The Bertz CT molecular complexity index is 1380. The molecular formula is C24H21ClFN5. The number of hydrogen-bond acceptors (Lipinski definition) is 4. The number of para-hydroxylation sites is 1. The summed E-state index contributed by atoms with van der Waals surface area (Å²) in [5.74, 6) is 7.77. The van der Waals surface area contributed by atoms with Crippen molar-refractivity contribution in [3.63, 3.8) is 0 Å². The second-order valence-corrected chi connectivity index (χ2v) is 8.71. The van der Waals surface area contributed by atoms with E-state index in [1.807, 2.05) is 42.3 Å². The van der Waals surface area contributed by atoms with Crippen LogP contribution in [0.3, 0.4) is 0 Å². The maximum atomic E-state index is 14.5. The summed E-state index contributed by atoms with van der Waals surface area (Å²) in [5, 5.41) is 9.10. The zero-order valence-corrected chi connectivity index (χ0v) is 18.3. The van der Waals surface area contributed by atoms with Gasteiger partial charge >= 0.3 is 0 Å². The van der Waals surface area contributed by atoms with E-state index in [9.17, 15) is 4.39 Å². The predicted octanol–water partition coefficient (Wildman–Crippen LogP) is 5.63. The molecule has 0 N–H and O–H groups in total. The van der Waals surface area contributed by atoms with Crippen LogP contribution in [0.2, 0.25) is 5.28 Å². The Hall–Kier alpha value is -3.17. The zero-order valence-electron chi connectivity index (χ0n) is 17.5. The van der Waals surface area contributed by atoms with Crippen LogP contribution in [0.1, 0.15) is 32.3 Å². The molecule has 31 heavy (non-hydrogen) atoms. The number of halogens is 2. The standard InChI is InChI=1S/C24H21ClFN5/c1-15(2)24(10-11-24)9-8-16-12-17(26)14-18(13-16)30(3)21-19-6-4-5-7-20(19)31-22(25)28-29-23(31)27-21/h4-7,12-15H,10-11H2,1-3H3. The van der Waals surface area contributed by atoms with Crippen LogP contribution < -0.4 is 4.90 Å². The van der Waals surface area contributed by atoms with Crippen molar-refractivity contribution in [2.75, 3.05) is 11.9 Å². The van der Waals surface area contributed by atoms with Gasteiger partial charge in [-0.3, -0.25) is 0 Å². The lowest BCUT2D eigenvalue weighted by Crippen LogP contribution is -2.13. The molecule has 0 aliphatic heterocycles. The van der Waals surface area contributed by atoms with E-state index in [0.717, 1.165) is 23.7 Å². The maximum Gasteiger partial charge on any atom is 0.258 e. The van der Waals surface area contributed by atoms with E-state index in [0.29, 0.717) is 28.8 Å². The van der Waals surface area contributed by atoms with Gasteiger partial charge in [-0.25, -0.2) is 8.79 Å². The van der Waals surface area contributed by atoms with Gasteiger partial charge in [0.1, 0.15) is 11.6 Å². The van der Waals surface area contributed by atoms with Crippen LogP contribution in [0.15, 0.2) is 42.5 Å². The minimum absolute atomic E-state index is 0.0775. The van der Waals surface area contributed by atoms with Crippen LogP contribution in [0.5, 0.6) is 0 Å². The lowest BCUT2D eigenvalue weighted by atomic mass is 9.93. The fourth-order valence-electron chi connectivity index (χ4n) is 3.95. The number of benzene rings is 2. The van der Waals surface area contributed by atoms with E-state index in [4.69, 9.17) is 11.6 Å². The lowest BCUT2D eigenvalue weighted by molar-refractivity contribution is 0.464. The van der Waals surface area contributed by atoms with Crippen LogP contribution in [0.4, 0.5) is 15.9 Å². The van der Waals surface area contributed by atoms with E-state index in [-0.39, 0.29) is 16.5 Å². The Morgan fingerprint density at radius 1 is 1.16 bits per heavy atom. The molecular weight excluding hydrogens is 413 g/mol. The van der Waals surface area contributed by atoms with Crippen molar-refractivity contribution in [2.24, 2.45) is 11.3 Å². The molecule has 1 aliphatic carbocycles. The molecule has 5 nitrogen and oxygen atoms in total. The van der Waals surface area contributed by atoms with Gasteiger partial charge in [0.2, 0.25) is 5.28 Å². The molecule has 0 bridgehead atoms. The molecule has 4 aromatic rings. The minimum Gasteiger partial charge on any atom is -0.329 e. The summed E-state index contributed by atoms with van der Waals surface area (Å²) in [6.07, 6.45) is 2.22. The molecule has 0 spiro atoms. The smallest absolute Gasteiger partial charge is 0.258 e. The molecule has 7 heteroatoms. The van der Waals surface area contributed by atoms with Crippen LogP contribution in [-0.4, -0.2) is 26.6 Å². The van der Waals surface area contributed by atoms with Crippen molar-refractivity contribution in [2.45, 2.75) is 26.7 Å². The van der Waals surface area contributed by atoms with Crippen molar-refractivity contribution < 1.29 is 4.39 Å². The normalized spacial score (nSPS) is 14.6. The van der Waals surface area contributed by atoms with Crippen LogP contribution in [0.25, 0.3) is 16.7 Å². The SMILES string of the molecule is CC(C)C1(C#Cc2cc(F)cc(N(C)c3nc4nnc(Cl)n4c4ccccc34)c2)CC1. The van der Waals surface area contributed by atoms with Crippen molar-refractivity contribution >= 4 is 39.8 Å². The van der Waals surface area contributed by atoms with Crippen LogP contribution >= 0.6 is 11.6 Å². The molecule has 1 saturated carbocycles. The maximum absolute atomic E-state index is 14.5. The fourth-order valence-corrected chi connectivity index (χ4v) is 4.15. The first-order chi connectivity index (χ1) is 14.9. The molecule has 1 fully saturated rings. The highest BCUT2D eigenvalue weighted by Gasteiger charge is 2.43. The van der Waals surface area contributed by atoms with Crippen LogP contribution in [0, 0.1) is 29.0 Å². The average molecular weight is 434 g/mol. The average Bonchev–Trinajstić information content (AvgIpc) is 3.47. The summed E-state index contributed by atoms with van der Waals surface area (Å²) in [6.45, 7) is 4.38. The fraction of sp³-hybridized carbons (Fsp3) is 0.292. The van der Waals surface area contributed by atoms with Crippen LogP contribution in [-0.2, 0) is 0 Å². The number of rotatable bonds is 3. The monoisotopic (exact) mass is 433 g/mol. The highest BCUT2D eigenvalue weighted by atomic mass is 35.5. The summed E-state index contributed by atoms with van der Waals surface area (Å²) in [4.78, 5) is 6.49. The molecule has 5 rings (SSSR count). The molecule has 0 atom stereocenters. The van der Waals surface area contributed by atoms with Gasteiger partial charge in [-0.2, -0.15) is 4.98 Å². The molecule has 2 aromatic heterocycles. The third kappa shape index (κ3) is 3.39. The molecule has 0 radical (unpaired) electrons. The zero-order chi connectivity index (χ0) is 21.8. The quantitative estimate of drug-likeness (QED) is 0.393. The Labute approximate surface area is 184 Å². The second-order valence-electron chi connectivity index (χ2n) is 8.37. The summed E-state index contributed by atoms with van der Waals surface area (Å²) in [6, 6.07) is 12.6. The number of anilines is 2. The number of aromatic nitrogens is 4. The van der Waals surface area contributed by atoms with Gasteiger partial charge in [-0.05, 0) is 60.7 Å². The minimum atomic E-state index is -0.334. The Kier molecular flexibility index (Phi) is 4.60. The molecule has 1 aliphatic rings. The van der Waals surface area contributed by atoms with E-state index >= 15 is 0 Å². The van der Waals surface area contributed by atoms with Crippen molar-refractivity contribution in [1.82, 2.24) is 19.6 Å². The number of nitrogens with zero attached hydrogens (tertiary/aromatic N) is 5. The van der Waals surface area contributed by atoms with Gasteiger partial charge < -0.3 is 4.90 Å². The Balaban J connectivity index is 1.61. The van der Waals surface area contributed by atoms with Crippen molar-refractivity contribution in [1.29, 1.82) is 0 Å². The van der Waals surface area contributed by atoms with Gasteiger partial charge in [0.05, 0.1) is 5.52 Å². The second kappa shape index (κ2) is 7.21. The first-order valence-corrected chi connectivity index (χ1v) is 10.6. The summed E-state index contributed by atoms with van der Waals surface area (Å²) < 4.78 is 16.2. The largest absolute Gasteiger partial charge is 0.329 e. The van der Waals surface area contributed by atoms with Gasteiger partial charge in [0, 0.05) is 29.1 Å². The lowest BCUT2D eigenvalue weighted by Gasteiger charge is -2.21. The first kappa shape index (κ1) is 19.8. The highest BCUT2D eigenvalue weighted by Crippen LogP contribution is 2.51. The Morgan fingerprint density at radius 2 is 1.94 bits per heavy atom. The van der Waals surface area contributed by atoms with Gasteiger partial charge in [-0.1, -0.05) is 37.8 Å². The molecule has 0 saturated heterocycles. The third-order valence-corrected chi connectivity index (χ3v) is 6.38. The molecule has 2 heterocycles. The first-order valence-electron chi connectivity index (χ1n) is 10.2. The molecule has 2 aromatic carbocycles. The summed E-state index contributed by atoms with van der Waals surface area (Å²) in [7, 11) is 1.85. The van der Waals surface area contributed by atoms with Gasteiger partial charge in [-0.15, -0.1) is 10.2 Å². The summed E-state index contributed by atoms with van der Waals surface area (Å²) >= 11 is 6.21. The number of hydrogen-bond donors (Lipinski definition) is 0. The van der Waals surface area contributed by atoms with Gasteiger partial charge in [0.25, 0.3) is 5.78 Å². The van der Waals surface area contributed by atoms with E-state index in [1.54, 1.807) is 4.40 Å². The number of fused-ring (bicyclic) bond motifs is 3. The van der Waals surface area contributed by atoms with E-state index < -0.39 is 0 Å². The topological polar surface area (TPSA) is 46.3 Å². The molecule has 156 valence electrons.